The van der Waals surface area contributed by atoms with Crippen LogP contribution in [0, 0.1) is 17.8 Å². The molecule has 0 radical (unpaired) electrons. The molecule has 3 N–H and O–H groups in total. The Bertz CT molecular complexity index is 1990. The first-order valence-corrected chi connectivity index (χ1v) is 46.4. The Kier molecular flexibility index (Phi) is 72.8. The zero-order chi connectivity index (χ0) is 75.8. The lowest BCUT2D eigenvalue weighted by atomic mass is 9.99. The minimum atomic E-state index is -4.96. The maximum absolute atomic E-state index is 13.1. The second kappa shape index (κ2) is 74.2. The fourth-order valence-corrected chi connectivity index (χ4v) is 14.6. The van der Waals surface area contributed by atoms with Crippen LogP contribution in [-0.4, -0.2) is 96.7 Å². The van der Waals surface area contributed by atoms with Crippen molar-refractivity contribution in [2.45, 2.75) is 458 Å². The zero-order valence-electron chi connectivity index (χ0n) is 67.8. The lowest BCUT2D eigenvalue weighted by Crippen LogP contribution is -2.30. The molecule has 0 aromatic heterocycles. The topological polar surface area (TPSA) is 237 Å². The molecule has 0 rings (SSSR count). The van der Waals surface area contributed by atoms with E-state index in [4.69, 9.17) is 37.0 Å². The van der Waals surface area contributed by atoms with Gasteiger partial charge >= 0.3 is 39.5 Å². The molecule has 0 heterocycles. The first kappa shape index (κ1) is 101. The number of hydrogen-bond donors (Lipinski definition) is 3. The van der Waals surface area contributed by atoms with Gasteiger partial charge in [-0.25, -0.2) is 9.13 Å². The van der Waals surface area contributed by atoms with Crippen LogP contribution in [0.5, 0.6) is 0 Å². The van der Waals surface area contributed by atoms with E-state index in [1.54, 1.807) is 0 Å². The van der Waals surface area contributed by atoms with E-state index in [2.05, 4.69) is 48.5 Å². The van der Waals surface area contributed by atoms with Gasteiger partial charge in [-0.1, -0.05) is 389 Å². The summed E-state index contributed by atoms with van der Waals surface area (Å²) in [5.41, 5.74) is 0. The van der Waals surface area contributed by atoms with Crippen molar-refractivity contribution in [3.63, 3.8) is 0 Å². The Morgan fingerprint density at radius 3 is 0.738 bits per heavy atom. The summed E-state index contributed by atoms with van der Waals surface area (Å²) < 4.78 is 68.9. The quantitative estimate of drug-likeness (QED) is 0.0222. The minimum Gasteiger partial charge on any atom is -0.462 e. The van der Waals surface area contributed by atoms with Gasteiger partial charge in [0.05, 0.1) is 26.4 Å². The van der Waals surface area contributed by atoms with Crippen LogP contribution < -0.4 is 0 Å². The van der Waals surface area contributed by atoms with E-state index in [1.165, 1.54) is 250 Å². The number of unbranched alkanes of at least 4 members (excludes halogenated alkanes) is 49. The van der Waals surface area contributed by atoms with E-state index in [1.807, 2.05) is 0 Å². The average Bonchev–Trinajstić information content (AvgIpc) is 0.963. The lowest BCUT2D eigenvalue weighted by molar-refractivity contribution is -0.161. The summed E-state index contributed by atoms with van der Waals surface area (Å²) in [6, 6.07) is 0. The van der Waals surface area contributed by atoms with Gasteiger partial charge in [-0.2, -0.15) is 0 Å². The Morgan fingerprint density at radius 2 is 0.495 bits per heavy atom. The summed E-state index contributed by atoms with van der Waals surface area (Å²) in [6.45, 7) is 12.0. The van der Waals surface area contributed by atoms with E-state index in [9.17, 15) is 43.2 Å². The second-order valence-corrected chi connectivity index (χ2v) is 34.3. The second-order valence-electron chi connectivity index (χ2n) is 31.4. The molecule has 0 aliphatic heterocycles. The zero-order valence-corrected chi connectivity index (χ0v) is 69.6. The third-order valence-corrected chi connectivity index (χ3v) is 21.9. The van der Waals surface area contributed by atoms with Crippen LogP contribution in [0.1, 0.15) is 440 Å². The largest absolute Gasteiger partial charge is 0.472 e. The van der Waals surface area contributed by atoms with Crippen molar-refractivity contribution < 1.29 is 80.2 Å². The van der Waals surface area contributed by atoms with Crippen LogP contribution in [0.15, 0.2) is 0 Å². The summed E-state index contributed by atoms with van der Waals surface area (Å²) in [6.07, 6.45) is 63.7. The van der Waals surface area contributed by atoms with Crippen molar-refractivity contribution in [2.75, 3.05) is 39.6 Å². The third-order valence-electron chi connectivity index (χ3n) is 20.0. The van der Waals surface area contributed by atoms with Crippen molar-refractivity contribution in [3.8, 4) is 0 Å². The highest BCUT2D eigenvalue weighted by Crippen LogP contribution is 2.45. The molecule has 0 fully saturated rings. The summed E-state index contributed by atoms with van der Waals surface area (Å²) >= 11 is 0. The third kappa shape index (κ3) is 76.6. The van der Waals surface area contributed by atoms with Crippen LogP contribution in [-0.2, 0) is 65.4 Å². The molecule has 0 aliphatic carbocycles. The molecule has 0 aliphatic rings. The van der Waals surface area contributed by atoms with Gasteiger partial charge in [0.25, 0.3) is 0 Å². The molecule has 3 unspecified atom stereocenters. The van der Waals surface area contributed by atoms with Crippen molar-refractivity contribution in [1.82, 2.24) is 0 Å². The maximum Gasteiger partial charge on any atom is 0.472 e. The van der Waals surface area contributed by atoms with Crippen molar-refractivity contribution in [2.24, 2.45) is 17.8 Å². The van der Waals surface area contributed by atoms with Crippen molar-refractivity contribution >= 4 is 39.5 Å². The highest BCUT2D eigenvalue weighted by molar-refractivity contribution is 7.47. The smallest absolute Gasteiger partial charge is 0.462 e. The monoisotopic (exact) mass is 1510 g/mol. The van der Waals surface area contributed by atoms with Crippen molar-refractivity contribution in [3.05, 3.63) is 0 Å². The fraction of sp³-hybridized carbons (Fsp3) is 0.952. The maximum atomic E-state index is 13.1. The van der Waals surface area contributed by atoms with E-state index in [0.717, 1.165) is 108 Å². The Labute approximate surface area is 632 Å². The summed E-state index contributed by atoms with van der Waals surface area (Å²) in [4.78, 5) is 73.2. The number of carbonyl (C=O) groups excluding carboxylic acids is 4. The molecule has 6 atom stereocenters. The number of hydrogen-bond acceptors (Lipinski definition) is 15. The number of carbonyl (C=O) groups is 4. The highest BCUT2D eigenvalue weighted by Gasteiger charge is 2.30. The Hall–Kier alpha value is -1.94. The first-order chi connectivity index (χ1) is 49.8. The predicted molar refractivity (Wildman–Crippen MR) is 423 cm³/mol. The number of phosphoric acid groups is 2. The number of phosphoric ester groups is 2. The van der Waals surface area contributed by atoms with Crippen LogP contribution in [0.2, 0.25) is 0 Å². The van der Waals surface area contributed by atoms with Gasteiger partial charge in [0.15, 0.2) is 12.2 Å². The van der Waals surface area contributed by atoms with Crippen molar-refractivity contribution in [1.29, 1.82) is 0 Å². The van der Waals surface area contributed by atoms with Gasteiger partial charge in [-0.15, -0.1) is 0 Å². The molecule has 0 saturated heterocycles. The number of esters is 4. The Morgan fingerprint density at radius 1 is 0.282 bits per heavy atom. The van der Waals surface area contributed by atoms with E-state index >= 15 is 0 Å². The summed E-state index contributed by atoms with van der Waals surface area (Å²) in [5, 5.41) is 10.7. The standard InChI is InChI=1S/C84H164O17P2/c1-8-10-11-12-13-14-15-16-17-18-19-27-32-37-46-53-60-67-84(89)101-80(72-95-82(87)66-59-52-45-40-39-42-49-56-63-76(5)6)74-99-103(92,93)97-70-78(85)69-96-102(90,91)98-73-79(71-94-81(86)65-58-51-44-36-31-26-22-20-24-29-34-41-48-55-62-75(3)4)100-83(88)68-61-54-47-38-33-28-23-21-25-30-35-43-50-57-64-77(7)9-2/h75-80,85H,8-74H2,1-7H3,(H,90,91)(H,92,93)/t77?,78-,79-,80-/m1/s1. The number of ether oxygens (including phenoxy) is 4. The fourth-order valence-electron chi connectivity index (χ4n) is 13.0. The van der Waals surface area contributed by atoms with Gasteiger partial charge in [-0.05, 0) is 43.4 Å². The molecule has 17 nitrogen and oxygen atoms in total. The van der Waals surface area contributed by atoms with Crippen LogP contribution >= 0.6 is 15.6 Å². The molecule has 0 aromatic carbocycles. The average molecular weight is 1510 g/mol. The predicted octanol–water partition coefficient (Wildman–Crippen LogP) is 25.3. The minimum absolute atomic E-state index is 0.108. The Balaban J connectivity index is 5.26. The molecule has 0 saturated carbocycles. The number of aliphatic hydroxyl groups excluding tert-OH is 1. The molecule has 19 heteroatoms. The van der Waals surface area contributed by atoms with Gasteiger partial charge in [0.1, 0.15) is 19.3 Å². The molecular formula is C84H164O17P2. The van der Waals surface area contributed by atoms with E-state index < -0.39 is 97.5 Å². The molecule has 612 valence electrons. The molecular weight excluding hydrogens is 1340 g/mol. The van der Waals surface area contributed by atoms with Crippen LogP contribution in [0.25, 0.3) is 0 Å². The van der Waals surface area contributed by atoms with Gasteiger partial charge in [0, 0.05) is 25.7 Å². The molecule has 0 amide bonds. The number of aliphatic hydroxyl groups is 1. The van der Waals surface area contributed by atoms with Gasteiger partial charge in [0.2, 0.25) is 0 Å². The highest BCUT2D eigenvalue weighted by atomic mass is 31.2. The summed E-state index contributed by atoms with van der Waals surface area (Å²) in [5.74, 6) is 0.265. The molecule has 103 heavy (non-hydrogen) atoms. The van der Waals surface area contributed by atoms with Crippen LogP contribution in [0.3, 0.4) is 0 Å². The van der Waals surface area contributed by atoms with E-state index in [-0.39, 0.29) is 25.7 Å². The normalized spacial score (nSPS) is 14.2. The van der Waals surface area contributed by atoms with Crippen LogP contribution in [0.4, 0.5) is 0 Å². The molecule has 0 spiro atoms. The first-order valence-electron chi connectivity index (χ1n) is 43.4. The van der Waals surface area contributed by atoms with Gasteiger partial charge in [-0.3, -0.25) is 37.3 Å². The summed E-state index contributed by atoms with van der Waals surface area (Å²) in [7, 11) is -9.93. The van der Waals surface area contributed by atoms with Gasteiger partial charge < -0.3 is 33.8 Å². The molecule has 0 bridgehead atoms. The molecule has 0 aromatic rings. The van der Waals surface area contributed by atoms with E-state index in [0.29, 0.717) is 25.7 Å². The SMILES string of the molecule is CCCCCCCCCCCCCCCCCCCC(=O)O[C@H](COC(=O)CCCCCCCCCCC(C)C)COP(=O)(O)OC[C@H](O)COP(=O)(O)OC[C@@H](COC(=O)CCCCCCCCCCCCCCCCC(C)C)OC(=O)CCCCCCCCCCCCCCCCC(C)CC. The number of rotatable bonds is 82. The lowest BCUT2D eigenvalue weighted by Gasteiger charge is -2.21.